The molecule has 44 valence electrons. The second-order valence-electron chi connectivity index (χ2n) is 1.65. The molecule has 0 saturated heterocycles. The topological polar surface area (TPSA) is 20.2 Å². The van der Waals surface area contributed by atoms with E-state index in [1.807, 2.05) is 6.92 Å². The third-order valence-electron chi connectivity index (χ3n) is 0.704. The van der Waals surface area contributed by atoms with Gasteiger partial charge in [0.1, 0.15) is 0 Å². The zero-order valence-electron chi connectivity index (χ0n) is 5.23. The maximum atomic E-state index is 8.63. The fraction of sp³-hybridized carbons (Fsp3) is 0.286. The van der Waals surface area contributed by atoms with Gasteiger partial charge in [-0.15, -0.1) is 5.73 Å². The van der Waals surface area contributed by atoms with Crippen LogP contribution in [0.5, 0.6) is 0 Å². The van der Waals surface area contributed by atoms with Crippen LogP contribution in [0.4, 0.5) is 0 Å². The highest BCUT2D eigenvalue weighted by atomic mass is 16.3. The van der Waals surface area contributed by atoms with E-state index in [-0.39, 0.29) is 0 Å². The van der Waals surface area contributed by atoms with Crippen LogP contribution in [-0.2, 0) is 0 Å². The van der Waals surface area contributed by atoms with Gasteiger partial charge in [-0.25, -0.2) is 0 Å². The lowest BCUT2D eigenvalue weighted by Gasteiger charge is -1.85. The van der Waals surface area contributed by atoms with E-state index in [0.29, 0.717) is 5.76 Å². The van der Waals surface area contributed by atoms with Crippen LogP contribution in [0.15, 0.2) is 29.7 Å². The lowest BCUT2D eigenvalue weighted by Crippen LogP contribution is -1.69. The summed E-state index contributed by atoms with van der Waals surface area (Å²) in [6.07, 6.45) is 1.60. The molecule has 0 aliphatic rings. The molecule has 1 nitrogen and oxygen atoms in total. The Morgan fingerprint density at radius 1 is 1.62 bits per heavy atom. The van der Waals surface area contributed by atoms with Crippen LogP contribution in [0.3, 0.4) is 0 Å². The molecule has 0 fully saturated rings. The van der Waals surface area contributed by atoms with Gasteiger partial charge in [-0.1, -0.05) is 6.58 Å². The molecular formula is C7H10O. The third kappa shape index (κ3) is 3.26. The van der Waals surface area contributed by atoms with Crippen molar-refractivity contribution in [3.05, 3.63) is 29.7 Å². The Labute approximate surface area is 49.7 Å². The molecule has 1 heteroatoms. The Hall–Kier alpha value is -0.940. The van der Waals surface area contributed by atoms with Crippen molar-refractivity contribution in [3.63, 3.8) is 0 Å². The molecular weight excluding hydrogens is 100 g/mol. The molecule has 0 aliphatic carbocycles. The van der Waals surface area contributed by atoms with Crippen molar-refractivity contribution in [1.82, 2.24) is 0 Å². The van der Waals surface area contributed by atoms with Crippen molar-refractivity contribution in [1.29, 1.82) is 0 Å². The van der Waals surface area contributed by atoms with Gasteiger partial charge in [0.15, 0.2) is 0 Å². The molecule has 0 aromatic carbocycles. The maximum Gasteiger partial charge on any atom is 0.0900 e. The van der Waals surface area contributed by atoms with Gasteiger partial charge in [0, 0.05) is 0 Å². The molecule has 0 spiro atoms. The van der Waals surface area contributed by atoms with Crippen molar-refractivity contribution < 1.29 is 5.11 Å². The number of aliphatic hydroxyl groups excluding tert-OH is 1. The van der Waals surface area contributed by atoms with E-state index in [4.69, 9.17) is 5.11 Å². The van der Waals surface area contributed by atoms with E-state index in [9.17, 15) is 0 Å². The van der Waals surface area contributed by atoms with Crippen LogP contribution in [0.1, 0.15) is 13.8 Å². The molecule has 0 aromatic heterocycles. The molecule has 0 bridgehead atoms. The van der Waals surface area contributed by atoms with Gasteiger partial charge >= 0.3 is 0 Å². The largest absolute Gasteiger partial charge is 0.513 e. The van der Waals surface area contributed by atoms with E-state index in [1.165, 1.54) is 0 Å². The van der Waals surface area contributed by atoms with Gasteiger partial charge in [0.05, 0.1) is 5.76 Å². The van der Waals surface area contributed by atoms with Crippen molar-refractivity contribution in [2.45, 2.75) is 13.8 Å². The van der Waals surface area contributed by atoms with Crippen molar-refractivity contribution in [2.75, 3.05) is 0 Å². The van der Waals surface area contributed by atoms with Gasteiger partial charge < -0.3 is 5.11 Å². The van der Waals surface area contributed by atoms with Gasteiger partial charge in [0.2, 0.25) is 0 Å². The Bertz CT molecular complexity index is 144. The molecule has 0 radical (unpaired) electrons. The zero-order chi connectivity index (χ0) is 6.57. The molecule has 0 unspecified atom stereocenters. The van der Waals surface area contributed by atoms with E-state index in [0.717, 1.165) is 5.57 Å². The fourth-order valence-electron chi connectivity index (χ4n) is 0.364. The normalized spacial score (nSPS) is 10.5. The minimum Gasteiger partial charge on any atom is -0.513 e. The Morgan fingerprint density at radius 2 is 2.12 bits per heavy atom. The van der Waals surface area contributed by atoms with Crippen LogP contribution >= 0.6 is 0 Å². The molecule has 8 heavy (non-hydrogen) atoms. The summed E-state index contributed by atoms with van der Waals surface area (Å²) in [5, 5.41) is 8.63. The molecule has 0 saturated carbocycles. The summed E-state index contributed by atoms with van der Waals surface area (Å²) in [5.41, 5.74) is 3.48. The SMILES string of the molecule is C=C=C(C)C=C(C)O. The standard InChI is InChI=1S/C7H10O/c1-4-6(2)5-7(3)8/h5,8H,1H2,2-3H3. The first kappa shape index (κ1) is 7.06. The molecule has 0 atom stereocenters. The smallest absolute Gasteiger partial charge is 0.0900 e. The lowest BCUT2D eigenvalue weighted by molar-refractivity contribution is 0.414. The Kier molecular flexibility index (Phi) is 2.75. The quantitative estimate of drug-likeness (QED) is 0.311. The number of rotatable bonds is 1. The van der Waals surface area contributed by atoms with E-state index in [1.54, 1.807) is 13.0 Å². The van der Waals surface area contributed by atoms with Crippen LogP contribution < -0.4 is 0 Å². The van der Waals surface area contributed by atoms with Crippen LogP contribution in [0.25, 0.3) is 0 Å². The summed E-state index contributed by atoms with van der Waals surface area (Å²) in [5.74, 6) is 0.290. The van der Waals surface area contributed by atoms with Crippen LogP contribution in [-0.4, -0.2) is 5.11 Å². The monoisotopic (exact) mass is 110 g/mol. The fourth-order valence-corrected chi connectivity index (χ4v) is 0.364. The highest BCUT2D eigenvalue weighted by molar-refractivity contribution is 5.15. The van der Waals surface area contributed by atoms with Gasteiger partial charge in [-0.05, 0) is 25.5 Å². The summed E-state index contributed by atoms with van der Waals surface area (Å²) >= 11 is 0. The van der Waals surface area contributed by atoms with Crippen LogP contribution in [0, 0.1) is 0 Å². The van der Waals surface area contributed by atoms with E-state index in [2.05, 4.69) is 12.3 Å². The van der Waals surface area contributed by atoms with Gasteiger partial charge in [-0.2, -0.15) is 0 Å². The molecule has 0 heterocycles. The average Bonchev–Trinajstić information content (AvgIpc) is 1.65. The van der Waals surface area contributed by atoms with Gasteiger partial charge in [0.25, 0.3) is 0 Å². The summed E-state index contributed by atoms with van der Waals surface area (Å²) < 4.78 is 0. The molecule has 0 aliphatic heterocycles. The minimum atomic E-state index is 0.290. The number of hydrogen-bond donors (Lipinski definition) is 1. The summed E-state index contributed by atoms with van der Waals surface area (Å²) in [7, 11) is 0. The third-order valence-corrected chi connectivity index (χ3v) is 0.704. The van der Waals surface area contributed by atoms with Crippen molar-refractivity contribution in [3.8, 4) is 0 Å². The van der Waals surface area contributed by atoms with Gasteiger partial charge in [-0.3, -0.25) is 0 Å². The molecule has 1 N–H and O–H groups in total. The maximum absolute atomic E-state index is 8.63. The summed E-state index contributed by atoms with van der Waals surface area (Å²) in [4.78, 5) is 0. The Balaban J connectivity index is 4.11. The zero-order valence-corrected chi connectivity index (χ0v) is 5.23. The van der Waals surface area contributed by atoms with Crippen molar-refractivity contribution in [2.24, 2.45) is 0 Å². The molecule has 0 amide bonds. The second-order valence-corrected chi connectivity index (χ2v) is 1.65. The molecule has 0 rings (SSSR count). The second kappa shape index (κ2) is 3.11. The molecule has 0 aromatic rings. The number of aliphatic hydroxyl groups is 1. The first-order valence-electron chi connectivity index (χ1n) is 2.40. The van der Waals surface area contributed by atoms with Crippen LogP contribution in [0.2, 0.25) is 0 Å². The lowest BCUT2D eigenvalue weighted by atomic mass is 10.3. The minimum absolute atomic E-state index is 0.290. The highest BCUT2D eigenvalue weighted by Gasteiger charge is 1.78. The first-order valence-corrected chi connectivity index (χ1v) is 2.40. The summed E-state index contributed by atoms with van der Waals surface area (Å²) in [6.45, 7) is 6.83. The number of hydrogen-bond acceptors (Lipinski definition) is 1. The summed E-state index contributed by atoms with van der Waals surface area (Å²) in [6, 6.07) is 0. The average molecular weight is 110 g/mol. The predicted octanol–water partition coefficient (Wildman–Crippen LogP) is 2.18. The Morgan fingerprint density at radius 3 is 2.25 bits per heavy atom. The van der Waals surface area contributed by atoms with E-state index >= 15 is 0 Å². The van der Waals surface area contributed by atoms with E-state index < -0.39 is 0 Å². The first-order chi connectivity index (χ1) is 3.66. The number of allylic oxidation sites excluding steroid dienone is 3. The highest BCUT2D eigenvalue weighted by Crippen LogP contribution is 1.94. The van der Waals surface area contributed by atoms with Crippen molar-refractivity contribution >= 4 is 0 Å². The predicted molar refractivity (Wildman–Crippen MR) is 34.7 cm³/mol.